The Morgan fingerprint density at radius 1 is 1.37 bits per heavy atom. The average molecular weight is 265 g/mol. The zero-order valence-corrected chi connectivity index (χ0v) is 11.4. The van der Waals surface area contributed by atoms with Crippen LogP contribution in [0.1, 0.15) is 13.3 Å². The summed E-state index contributed by atoms with van der Waals surface area (Å²) in [6.07, 6.45) is 0.686. The Morgan fingerprint density at radius 3 is 2.58 bits per heavy atom. The lowest BCUT2D eigenvalue weighted by atomic mass is 9.89. The van der Waals surface area contributed by atoms with Crippen LogP contribution in [-0.2, 0) is 4.79 Å². The highest BCUT2D eigenvalue weighted by Crippen LogP contribution is 2.31. The van der Waals surface area contributed by atoms with Gasteiger partial charge in [-0.3, -0.25) is 4.79 Å². The lowest BCUT2D eigenvalue weighted by Gasteiger charge is -2.21. The molecule has 1 aliphatic rings. The summed E-state index contributed by atoms with van der Waals surface area (Å²) in [4.78, 5) is 27.6. The molecule has 104 valence electrons. The summed E-state index contributed by atoms with van der Waals surface area (Å²) in [7, 11) is 3.66. The highest BCUT2D eigenvalue weighted by atomic mass is 16.1. The number of primary amides is 1. The summed E-state index contributed by atoms with van der Waals surface area (Å²) in [5.41, 5.74) is 10.6. The van der Waals surface area contributed by atoms with Crippen molar-refractivity contribution in [3.05, 3.63) is 0 Å². The molecule has 1 aromatic rings. The van der Waals surface area contributed by atoms with Crippen LogP contribution in [0, 0.1) is 5.41 Å². The highest BCUT2D eigenvalue weighted by Gasteiger charge is 2.40. The summed E-state index contributed by atoms with van der Waals surface area (Å²) in [5.74, 6) is 0.850. The first kappa shape index (κ1) is 13.3. The van der Waals surface area contributed by atoms with Crippen molar-refractivity contribution in [1.82, 2.24) is 15.0 Å². The normalized spacial score (nSPS) is 22.6. The topological polar surface area (TPSA) is 114 Å². The van der Waals surface area contributed by atoms with E-state index in [0.717, 1.165) is 0 Å². The number of hydrogen-bond donors (Lipinski definition) is 2. The molecule has 0 saturated carbocycles. The number of hydrogen-bond acceptors (Lipinski definition) is 7. The molecule has 0 bridgehead atoms. The van der Waals surface area contributed by atoms with Gasteiger partial charge in [-0.15, -0.1) is 0 Å². The van der Waals surface area contributed by atoms with Gasteiger partial charge in [0.15, 0.2) is 0 Å². The molecule has 1 amide bonds. The molecule has 0 radical (unpaired) electrons. The molecule has 1 fully saturated rings. The zero-order chi connectivity index (χ0) is 14.2. The van der Waals surface area contributed by atoms with Gasteiger partial charge in [-0.25, -0.2) is 0 Å². The number of amides is 1. The maximum atomic E-state index is 11.5. The first-order valence-electron chi connectivity index (χ1n) is 6.05. The van der Waals surface area contributed by atoms with Crippen molar-refractivity contribution in [3.63, 3.8) is 0 Å². The fourth-order valence-corrected chi connectivity index (χ4v) is 2.04. The van der Waals surface area contributed by atoms with Crippen LogP contribution in [0.2, 0.25) is 0 Å². The van der Waals surface area contributed by atoms with Crippen molar-refractivity contribution in [2.45, 2.75) is 13.3 Å². The van der Waals surface area contributed by atoms with E-state index in [-0.39, 0.29) is 11.9 Å². The molecule has 19 heavy (non-hydrogen) atoms. The minimum atomic E-state index is -0.542. The minimum absolute atomic E-state index is 0.168. The van der Waals surface area contributed by atoms with Gasteiger partial charge in [0.25, 0.3) is 0 Å². The van der Waals surface area contributed by atoms with Crippen LogP contribution in [0.3, 0.4) is 0 Å². The fraction of sp³-hybridized carbons (Fsp3) is 0.636. The lowest BCUT2D eigenvalue weighted by molar-refractivity contribution is -0.125. The van der Waals surface area contributed by atoms with Crippen LogP contribution in [0.25, 0.3) is 0 Å². The van der Waals surface area contributed by atoms with Crippen molar-refractivity contribution in [3.8, 4) is 0 Å². The molecule has 8 heteroatoms. The van der Waals surface area contributed by atoms with Crippen LogP contribution in [0.15, 0.2) is 0 Å². The Balaban J connectivity index is 2.27. The van der Waals surface area contributed by atoms with Gasteiger partial charge in [0.1, 0.15) is 0 Å². The maximum absolute atomic E-state index is 11.5. The second-order valence-electron chi connectivity index (χ2n) is 5.28. The van der Waals surface area contributed by atoms with Crippen molar-refractivity contribution < 1.29 is 4.79 Å². The number of aromatic nitrogens is 3. The predicted molar refractivity (Wildman–Crippen MR) is 72.7 cm³/mol. The molecule has 2 rings (SSSR count). The van der Waals surface area contributed by atoms with Gasteiger partial charge in [-0.05, 0) is 13.3 Å². The van der Waals surface area contributed by atoms with Crippen LogP contribution in [-0.4, -0.2) is 48.0 Å². The minimum Gasteiger partial charge on any atom is -0.369 e. The lowest BCUT2D eigenvalue weighted by Crippen LogP contribution is -2.37. The third kappa shape index (κ3) is 2.51. The van der Waals surface area contributed by atoms with E-state index in [4.69, 9.17) is 11.5 Å². The standard InChI is InChI=1S/C11H19N7O/c1-11(7(12)19)4-5-18(6-11)10-15-8(13)14-9(16-10)17(2)3/h4-6H2,1-3H3,(H2,12,19)(H2,13,14,15,16). The van der Waals surface area contributed by atoms with Crippen molar-refractivity contribution >= 4 is 23.8 Å². The van der Waals surface area contributed by atoms with Crippen molar-refractivity contribution in [2.24, 2.45) is 11.1 Å². The van der Waals surface area contributed by atoms with Crippen molar-refractivity contribution in [2.75, 3.05) is 42.7 Å². The molecular formula is C11H19N7O. The summed E-state index contributed by atoms with van der Waals surface area (Å²) in [5, 5.41) is 0. The Hall–Kier alpha value is -2.12. The van der Waals surface area contributed by atoms with Gasteiger partial charge in [-0.2, -0.15) is 15.0 Å². The van der Waals surface area contributed by atoms with Gasteiger partial charge >= 0.3 is 0 Å². The highest BCUT2D eigenvalue weighted by molar-refractivity contribution is 5.81. The average Bonchev–Trinajstić information content (AvgIpc) is 2.72. The molecule has 0 spiro atoms. The molecule has 1 unspecified atom stereocenters. The molecule has 1 aliphatic heterocycles. The van der Waals surface area contributed by atoms with E-state index < -0.39 is 5.41 Å². The number of nitrogens with zero attached hydrogens (tertiary/aromatic N) is 5. The van der Waals surface area contributed by atoms with E-state index in [2.05, 4.69) is 15.0 Å². The fourth-order valence-electron chi connectivity index (χ4n) is 2.04. The number of carbonyl (C=O) groups excluding carboxylic acids is 1. The Labute approximate surface area is 111 Å². The quantitative estimate of drug-likeness (QED) is 0.736. The van der Waals surface area contributed by atoms with E-state index in [0.29, 0.717) is 31.4 Å². The third-order valence-electron chi connectivity index (χ3n) is 3.38. The predicted octanol–water partition coefficient (Wildman–Crippen LogP) is -0.778. The largest absolute Gasteiger partial charge is 0.369 e. The van der Waals surface area contributed by atoms with Gasteiger partial charge < -0.3 is 21.3 Å². The van der Waals surface area contributed by atoms with Gasteiger partial charge in [0, 0.05) is 27.2 Å². The number of rotatable bonds is 3. The molecular weight excluding hydrogens is 246 g/mol. The summed E-state index contributed by atoms with van der Waals surface area (Å²) in [6.45, 7) is 3.03. The Bertz CT molecular complexity index is 504. The van der Waals surface area contributed by atoms with Crippen LogP contribution in [0.4, 0.5) is 17.8 Å². The monoisotopic (exact) mass is 265 g/mol. The van der Waals surface area contributed by atoms with E-state index in [1.54, 1.807) is 4.90 Å². The smallest absolute Gasteiger partial charge is 0.231 e. The summed E-state index contributed by atoms with van der Waals surface area (Å²) >= 11 is 0. The molecule has 1 aromatic heterocycles. The number of nitrogens with two attached hydrogens (primary N) is 2. The third-order valence-corrected chi connectivity index (χ3v) is 3.38. The summed E-state index contributed by atoms with van der Waals surface area (Å²) in [6, 6.07) is 0. The first-order chi connectivity index (χ1) is 8.82. The molecule has 1 atom stereocenters. The van der Waals surface area contributed by atoms with Crippen LogP contribution in [0.5, 0.6) is 0 Å². The van der Waals surface area contributed by atoms with E-state index in [1.807, 2.05) is 25.9 Å². The van der Waals surface area contributed by atoms with Gasteiger partial charge in [-0.1, -0.05) is 0 Å². The zero-order valence-electron chi connectivity index (χ0n) is 11.4. The molecule has 1 saturated heterocycles. The second-order valence-corrected chi connectivity index (χ2v) is 5.28. The van der Waals surface area contributed by atoms with Crippen LogP contribution < -0.4 is 21.3 Å². The first-order valence-corrected chi connectivity index (χ1v) is 6.05. The van der Waals surface area contributed by atoms with Crippen LogP contribution >= 0.6 is 0 Å². The van der Waals surface area contributed by atoms with E-state index in [9.17, 15) is 4.79 Å². The number of anilines is 3. The molecule has 4 N–H and O–H groups in total. The second kappa shape index (κ2) is 4.52. The SMILES string of the molecule is CN(C)c1nc(N)nc(N2CCC(C)(C(N)=O)C2)n1. The summed E-state index contributed by atoms with van der Waals surface area (Å²) < 4.78 is 0. The molecule has 0 aliphatic carbocycles. The van der Waals surface area contributed by atoms with Crippen molar-refractivity contribution in [1.29, 1.82) is 0 Å². The Morgan fingerprint density at radius 2 is 2.05 bits per heavy atom. The number of nitrogen functional groups attached to an aromatic ring is 1. The van der Waals surface area contributed by atoms with E-state index >= 15 is 0 Å². The Kier molecular flexibility index (Phi) is 3.17. The maximum Gasteiger partial charge on any atom is 0.231 e. The number of carbonyl (C=O) groups is 1. The van der Waals surface area contributed by atoms with Gasteiger partial charge in [0.05, 0.1) is 5.41 Å². The molecule has 0 aromatic carbocycles. The van der Waals surface area contributed by atoms with Gasteiger partial charge in [0.2, 0.25) is 23.8 Å². The molecule has 8 nitrogen and oxygen atoms in total. The van der Waals surface area contributed by atoms with E-state index in [1.165, 1.54) is 0 Å². The molecule has 2 heterocycles.